The lowest BCUT2D eigenvalue weighted by atomic mass is 9.83. The van der Waals surface area contributed by atoms with E-state index >= 15 is 0 Å². The molecule has 0 aromatic carbocycles. The number of unbranched alkanes of at least 4 members (excludes halogenated alkanes) is 1. The zero-order valence-electron chi connectivity index (χ0n) is 12.5. The predicted molar refractivity (Wildman–Crippen MR) is 73.0 cm³/mol. The maximum Gasteiger partial charge on any atom is 0.223 e. The van der Waals surface area contributed by atoms with Crippen LogP contribution in [0.1, 0.15) is 46.5 Å². The average Bonchev–Trinajstić information content (AvgIpc) is 2.84. The third-order valence-electron chi connectivity index (χ3n) is 4.81. The van der Waals surface area contributed by atoms with Gasteiger partial charge in [0.1, 0.15) is 12.2 Å². The SMILES string of the molecule is CCCC[C@@H]1CC(=O)N2CC3OC(C)(C)O[C@H]3[C@H]2[C@@H]1O. The minimum absolute atomic E-state index is 0.0646. The van der Waals surface area contributed by atoms with E-state index in [1.165, 1.54) is 0 Å². The number of ether oxygens (including phenoxy) is 2. The second-order valence-electron chi connectivity index (χ2n) is 6.77. The van der Waals surface area contributed by atoms with Gasteiger partial charge in [-0.3, -0.25) is 4.79 Å². The normalized spacial score (nSPS) is 42.7. The van der Waals surface area contributed by atoms with Crippen molar-refractivity contribution >= 4 is 5.91 Å². The quantitative estimate of drug-likeness (QED) is 0.848. The molecular weight excluding hydrogens is 258 g/mol. The van der Waals surface area contributed by atoms with Gasteiger partial charge in [-0.15, -0.1) is 0 Å². The molecule has 0 spiro atoms. The van der Waals surface area contributed by atoms with Gasteiger partial charge in [-0.1, -0.05) is 19.8 Å². The van der Waals surface area contributed by atoms with Gasteiger partial charge in [0.25, 0.3) is 0 Å². The smallest absolute Gasteiger partial charge is 0.223 e. The number of carbonyl (C=O) groups is 1. The molecule has 5 atom stereocenters. The molecule has 0 aliphatic carbocycles. The zero-order valence-corrected chi connectivity index (χ0v) is 12.5. The number of piperidine rings is 1. The van der Waals surface area contributed by atoms with E-state index in [-0.39, 0.29) is 30.1 Å². The van der Waals surface area contributed by atoms with Crippen LogP contribution in [-0.4, -0.2) is 52.6 Å². The topological polar surface area (TPSA) is 59.0 Å². The molecule has 3 rings (SSSR count). The number of aliphatic hydroxyl groups excluding tert-OH is 1. The van der Waals surface area contributed by atoms with Gasteiger partial charge >= 0.3 is 0 Å². The lowest BCUT2D eigenvalue weighted by Gasteiger charge is -2.41. The minimum atomic E-state index is -0.611. The molecule has 1 unspecified atom stereocenters. The molecule has 3 saturated heterocycles. The molecule has 0 aromatic heterocycles. The van der Waals surface area contributed by atoms with E-state index < -0.39 is 11.9 Å². The molecular formula is C15H25NO4. The summed E-state index contributed by atoms with van der Waals surface area (Å²) in [4.78, 5) is 14.1. The summed E-state index contributed by atoms with van der Waals surface area (Å²) in [6, 6.07) is -0.232. The Labute approximate surface area is 120 Å². The third-order valence-corrected chi connectivity index (χ3v) is 4.81. The van der Waals surface area contributed by atoms with Gasteiger partial charge in [0.2, 0.25) is 5.91 Å². The highest BCUT2D eigenvalue weighted by Gasteiger charge is 2.58. The first-order valence-corrected chi connectivity index (χ1v) is 7.76. The van der Waals surface area contributed by atoms with Crippen LogP contribution in [0.3, 0.4) is 0 Å². The Morgan fingerprint density at radius 1 is 1.40 bits per heavy atom. The van der Waals surface area contributed by atoms with Crippen molar-refractivity contribution in [2.24, 2.45) is 5.92 Å². The summed E-state index contributed by atoms with van der Waals surface area (Å²) in [5.41, 5.74) is 0. The first kappa shape index (κ1) is 14.3. The molecule has 1 N–H and O–H groups in total. The van der Waals surface area contributed by atoms with Crippen LogP contribution in [0.25, 0.3) is 0 Å². The molecule has 5 nitrogen and oxygen atoms in total. The number of amides is 1. The summed E-state index contributed by atoms with van der Waals surface area (Å²) in [5, 5.41) is 10.7. The molecule has 3 aliphatic heterocycles. The van der Waals surface area contributed by atoms with Crippen molar-refractivity contribution < 1.29 is 19.4 Å². The van der Waals surface area contributed by atoms with Gasteiger partial charge in [0.15, 0.2) is 5.79 Å². The fourth-order valence-corrected chi connectivity index (χ4v) is 3.91. The van der Waals surface area contributed by atoms with Crippen LogP contribution in [-0.2, 0) is 14.3 Å². The van der Waals surface area contributed by atoms with Gasteiger partial charge < -0.3 is 19.5 Å². The number of fused-ring (bicyclic) bond motifs is 3. The second kappa shape index (κ2) is 4.97. The molecule has 0 saturated carbocycles. The number of carbonyl (C=O) groups excluding carboxylic acids is 1. The number of nitrogens with zero attached hydrogens (tertiary/aromatic N) is 1. The van der Waals surface area contributed by atoms with Crippen LogP contribution in [0.15, 0.2) is 0 Å². The van der Waals surface area contributed by atoms with Gasteiger partial charge in [0.05, 0.1) is 18.7 Å². The maximum atomic E-state index is 12.3. The van der Waals surface area contributed by atoms with Crippen LogP contribution in [0.5, 0.6) is 0 Å². The number of aliphatic hydroxyl groups is 1. The Morgan fingerprint density at radius 2 is 2.15 bits per heavy atom. The maximum absolute atomic E-state index is 12.3. The molecule has 0 radical (unpaired) electrons. The Morgan fingerprint density at radius 3 is 2.85 bits per heavy atom. The monoisotopic (exact) mass is 283 g/mol. The van der Waals surface area contributed by atoms with Crippen molar-refractivity contribution in [3.8, 4) is 0 Å². The highest BCUT2D eigenvalue weighted by molar-refractivity contribution is 5.78. The number of hydrogen-bond donors (Lipinski definition) is 1. The van der Waals surface area contributed by atoms with E-state index in [4.69, 9.17) is 9.47 Å². The van der Waals surface area contributed by atoms with Crippen molar-refractivity contribution in [2.45, 2.75) is 76.6 Å². The summed E-state index contributed by atoms with van der Waals surface area (Å²) in [6.45, 7) is 6.46. The van der Waals surface area contributed by atoms with Crippen LogP contribution in [0.4, 0.5) is 0 Å². The molecule has 5 heteroatoms. The Bertz CT molecular complexity index is 397. The first-order valence-electron chi connectivity index (χ1n) is 7.76. The fraction of sp³-hybridized carbons (Fsp3) is 0.933. The lowest BCUT2D eigenvalue weighted by molar-refractivity contribution is -0.181. The van der Waals surface area contributed by atoms with Crippen molar-refractivity contribution in [1.29, 1.82) is 0 Å². The molecule has 20 heavy (non-hydrogen) atoms. The fourth-order valence-electron chi connectivity index (χ4n) is 3.91. The molecule has 3 aliphatic rings. The van der Waals surface area contributed by atoms with E-state index in [9.17, 15) is 9.90 Å². The molecule has 0 aromatic rings. The molecule has 3 fully saturated rings. The Hall–Kier alpha value is -0.650. The largest absolute Gasteiger partial charge is 0.391 e. The van der Waals surface area contributed by atoms with E-state index in [0.717, 1.165) is 19.3 Å². The summed E-state index contributed by atoms with van der Waals surface area (Å²) in [5.74, 6) is -0.406. The van der Waals surface area contributed by atoms with Gasteiger partial charge in [-0.2, -0.15) is 0 Å². The van der Waals surface area contributed by atoms with Gasteiger partial charge in [-0.05, 0) is 26.2 Å². The molecule has 0 bridgehead atoms. The Kier molecular flexibility index (Phi) is 3.55. The van der Waals surface area contributed by atoms with Crippen molar-refractivity contribution in [3.05, 3.63) is 0 Å². The van der Waals surface area contributed by atoms with E-state index in [1.54, 1.807) is 4.90 Å². The Balaban J connectivity index is 1.77. The van der Waals surface area contributed by atoms with Crippen molar-refractivity contribution in [3.63, 3.8) is 0 Å². The third kappa shape index (κ3) is 2.26. The van der Waals surface area contributed by atoms with E-state index in [2.05, 4.69) is 6.92 Å². The standard InChI is InChI=1S/C15H25NO4/c1-4-5-6-9-7-11(17)16-8-10-14(12(16)13(9)18)20-15(2,3)19-10/h9-10,12-14,18H,4-8H2,1-3H3/t9-,10?,12-,13-,14-/m1/s1. The predicted octanol–water partition coefficient (Wildman–Crippen LogP) is 1.29. The lowest BCUT2D eigenvalue weighted by Crippen LogP contribution is -2.56. The summed E-state index contributed by atoms with van der Waals surface area (Å²) >= 11 is 0. The highest BCUT2D eigenvalue weighted by atomic mass is 16.8. The van der Waals surface area contributed by atoms with Crippen molar-refractivity contribution in [2.75, 3.05) is 6.54 Å². The summed E-state index contributed by atoms with van der Waals surface area (Å²) in [7, 11) is 0. The van der Waals surface area contributed by atoms with E-state index in [0.29, 0.717) is 13.0 Å². The number of rotatable bonds is 3. The summed E-state index contributed by atoms with van der Waals surface area (Å²) < 4.78 is 11.8. The average molecular weight is 283 g/mol. The first-order chi connectivity index (χ1) is 9.43. The zero-order chi connectivity index (χ0) is 14.5. The van der Waals surface area contributed by atoms with Crippen LogP contribution in [0, 0.1) is 5.92 Å². The van der Waals surface area contributed by atoms with Crippen LogP contribution >= 0.6 is 0 Å². The van der Waals surface area contributed by atoms with Crippen molar-refractivity contribution in [1.82, 2.24) is 4.90 Å². The van der Waals surface area contributed by atoms with Gasteiger partial charge in [-0.25, -0.2) is 0 Å². The number of hydrogen-bond acceptors (Lipinski definition) is 4. The van der Waals surface area contributed by atoms with Crippen LogP contribution in [0.2, 0.25) is 0 Å². The molecule has 3 heterocycles. The molecule has 1 amide bonds. The summed E-state index contributed by atoms with van der Waals surface area (Å²) in [6.07, 6.45) is 2.73. The highest BCUT2D eigenvalue weighted by Crippen LogP contribution is 2.42. The van der Waals surface area contributed by atoms with Gasteiger partial charge in [0, 0.05) is 6.42 Å². The van der Waals surface area contributed by atoms with E-state index in [1.807, 2.05) is 13.8 Å². The minimum Gasteiger partial charge on any atom is -0.391 e. The van der Waals surface area contributed by atoms with Crippen LogP contribution < -0.4 is 0 Å². The molecule has 114 valence electrons. The second-order valence-corrected chi connectivity index (χ2v) is 6.77.